The van der Waals surface area contributed by atoms with Crippen LogP contribution in [0.3, 0.4) is 0 Å². The molecule has 0 fully saturated rings. The summed E-state index contributed by atoms with van der Waals surface area (Å²) in [5, 5.41) is 11.3. The highest BCUT2D eigenvalue weighted by molar-refractivity contribution is 9.10. The van der Waals surface area contributed by atoms with Crippen LogP contribution in [0.15, 0.2) is 57.8 Å². The van der Waals surface area contributed by atoms with E-state index in [0.29, 0.717) is 0 Å². The van der Waals surface area contributed by atoms with Crippen molar-refractivity contribution in [3.8, 4) is 11.3 Å². The quantitative estimate of drug-likeness (QED) is 0.762. The second-order valence-corrected chi connectivity index (χ2v) is 6.16. The Kier molecular flexibility index (Phi) is 4.17. The zero-order valence-electron chi connectivity index (χ0n) is 11.0. The van der Waals surface area contributed by atoms with Crippen LogP contribution in [-0.2, 0) is 11.3 Å². The monoisotopic (exact) mass is 361 g/mol. The maximum atomic E-state index is 12.0. The molecule has 0 aliphatic heterocycles. The number of amides is 1. The largest absolute Gasteiger partial charge is 0.324 e. The molecule has 2 heterocycles. The van der Waals surface area contributed by atoms with Crippen LogP contribution in [0.2, 0.25) is 0 Å². The summed E-state index contributed by atoms with van der Waals surface area (Å²) < 4.78 is 2.62. The van der Waals surface area contributed by atoms with E-state index in [4.69, 9.17) is 0 Å². The number of carbonyl (C=O) groups is 1. The van der Waals surface area contributed by atoms with E-state index in [9.17, 15) is 4.79 Å². The van der Waals surface area contributed by atoms with Gasteiger partial charge in [0.2, 0.25) is 5.91 Å². The molecule has 0 saturated carbocycles. The Morgan fingerprint density at radius 3 is 2.76 bits per heavy atom. The van der Waals surface area contributed by atoms with E-state index >= 15 is 0 Å². The molecule has 1 N–H and O–H groups in total. The molecule has 1 aromatic carbocycles. The highest BCUT2D eigenvalue weighted by Gasteiger charge is 2.07. The second kappa shape index (κ2) is 6.24. The normalized spacial score (nSPS) is 10.5. The molecule has 3 aromatic rings. The molecule has 0 aliphatic rings. The Labute approximate surface area is 134 Å². The molecular formula is C15H12BrN3OS. The third-order valence-corrected chi connectivity index (χ3v) is 4.10. The van der Waals surface area contributed by atoms with Crippen molar-refractivity contribution in [3.63, 3.8) is 0 Å². The van der Waals surface area contributed by atoms with Crippen LogP contribution in [0, 0.1) is 0 Å². The van der Waals surface area contributed by atoms with Gasteiger partial charge < -0.3 is 5.32 Å². The van der Waals surface area contributed by atoms with E-state index in [1.165, 1.54) is 0 Å². The zero-order chi connectivity index (χ0) is 14.7. The molecule has 0 radical (unpaired) electrons. The van der Waals surface area contributed by atoms with Gasteiger partial charge in [-0.05, 0) is 41.8 Å². The van der Waals surface area contributed by atoms with E-state index in [1.807, 2.05) is 53.4 Å². The summed E-state index contributed by atoms with van der Waals surface area (Å²) >= 11 is 4.99. The predicted octanol–water partition coefficient (Wildman–Crippen LogP) is 4.01. The lowest BCUT2D eigenvalue weighted by atomic mass is 10.2. The minimum atomic E-state index is -0.0997. The number of halogens is 1. The van der Waals surface area contributed by atoms with E-state index in [2.05, 4.69) is 26.3 Å². The third kappa shape index (κ3) is 3.59. The Hall–Kier alpha value is -1.92. The third-order valence-electron chi connectivity index (χ3n) is 2.89. The van der Waals surface area contributed by atoms with Crippen molar-refractivity contribution in [1.82, 2.24) is 9.78 Å². The van der Waals surface area contributed by atoms with Gasteiger partial charge in [0.05, 0.1) is 5.69 Å². The van der Waals surface area contributed by atoms with Crippen LogP contribution in [0.25, 0.3) is 11.3 Å². The smallest absolute Gasteiger partial charge is 0.246 e. The van der Waals surface area contributed by atoms with Gasteiger partial charge in [0.1, 0.15) is 6.54 Å². The minimum Gasteiger partial charge on any atom is -0.324 e. The minimum absolute atomic E-state index is 0.0997. The standard InChI is InChI=1S/C15H12BrN3OS/c16-12-1-3-13(4-2-12)17-15(20)9-19-7-5-14(18-19)11-6-8-21-10-11/h1-8,10H,9H2,(H,17,20). The number of nitrogens with zero attached hydrogens (tertiary/aromatic N) is 2. The number of carbonyl (C=O) groups excluding carboxylic acids is 1. The zero-order valence-corrected chi connectivity index (χ0v) is 13.4. The van der Waals surface area contributed by atoms with Crippen LogP contribution in [0.1, 0.15) is 0 Å². The fourth-order valence-electron chi connectivity index (χ4n) is 1.89. The summed E-state index contributed by atoms with van der Waals surface area (Å²) in [7, 11) is 0. The van der Waals surface area contributed by atoms with Crippen LogP contribution < -0.4 is 5.32 Å². The summed E-state index contributed by atoms with van der Waals surface area (Å²) in [5.41, 5.74) is 2.73. The van der Waals surface area contributed by atoms with Gasteiger partial charge in [-0.2, -0.15) is 16.4 Å². The number of anilines is 1. The number of aromatic nitrogens is 2. The van der Waals surface area contributed by atoms with E-state index in [1.54, 1.807) is 16.0 Å². The SMILES string of the molecule is O=C(Cn1ccc(-c2ccsc2)n1)Nc1ccc(Br)cc1. The Morgan fingerprint density at radius 2 is 2.05 bits per heavy atom. The first kappa shape index (κ1) is 14.0. The summed E-state index contributed by atoms with van der Waals surface area (Å²) in [4.78, 5) is 12.0. The van der Waals surface area contributed by atoms with Crippen LogP contribution in [0.4, 0.5) is 5.69 Å². The van der Waals surface area contributed by atoms with E-state index in [0.717, 1.165) is 21.4 Å². The lowest BCUT2D eigenvalue weighted by molar-refractivity contribution is -0.116. The first-order valence-electron chi connectivity index (χ1n) is 6.32. The molecule has 1 amide bonds. The molecule has 0 spiro atoms. The second-order valence-electron chi connectivity index (χ2n) is 4.47. The summed E-state index contributed by atoms with van der Waals surface area (Å²) in [5.74, 6) is -0.0997. The molecule has 0 saturated heterocycles. The maximum absolute atomic E-state index is 12.0. The number of hydrogen-bond acceptors (Lipinski definition) is 3. The van der Waals surface area contributed by atoms with Crippen molar-refractivity contribution in [2.75, 3.05) is 5.32 Å². The van der Waals surface area contributed by atoms with E-state index < -0.39 is 0 Å². The Balaban J connectivity index is 1.64. The summed E-state index contributed by atoms with van der Waals surface area (Å²) in [6.45, 7) is 0.195. The van der Waals surface area contributed by atoms with Crippen molar-refractivity contribution < 1.29 is 4.79 Å². The molecule has 0 aliphatic carbocycles. The van der Waals surface area contributed by atoms with E-state index in [-0.39, 0.29) is 12.5 Å². The highest BCUT2D eigenvalue weighted by atomic mass is 79.9. The molecule has 0 unspecified atom stereocenters. The van der Waals surface area contributed by atoms with Crippen molar-refractivity contribution >= 4 is 38.9 Å². The number of thiophene rings is 1. The molecule has 106 valence electrons. The van der Waals surface area contributed by atoms with Crippen LogP contribution in [0.5, 0.6) is 0 Å². The molecule has 0 atom stereocenters. The molecule has 6 heteroatoms. The number of hydrogen-bond donors (Lipinski definition) is 1. The van der Waals surface area contributed by atoms with Gasteiger partial charge in [-0.25, -0.2) is 0 Å². The van der Waals surface area contributed by atoms with Crippen molar-refractivity contribution in [2.45, 2.75) is 6.54 Å². The average molecular weight is 362 g/mol. The van der Waals surface area contributed by atoms with Gasteiger partial charge in [0, 0.05) is 27.3 Å². The average Bonchev–Trinajstić information content (AvgIpc) is 3.12. The summed E-state index contributed by atoms with van der Waals surface area (Å²) in [6.07, 6.45) is 1.81. The molecule has 2 aromatic heterocycles. The van der Waals surface area contributed by atoms with Gasteiger partial charge in [-0.3, -0.25) is 9.48 Å². The molecular weight excluding hydrogens is 350 g/mol. The maximum Gasteiger partial charge on any atom is 0.246 e. The number of nitrogens with one attached hydrogen (secondary N) is 1. The summed E-state index contributed by atoms with van der Waals surface area (Å²) in [6, 6.07) is 11.4. The van der Waals surface area contributed by atoms with Crippen molar-refractivity contribution in [2.24, 2.45) is 0 Å². The molecule has 4 nitrogen and oxygen atoms in total. The number of benzene rings is 1. The Morgan fingerprint density at radius 1 is 1.24 bits per heavy atom. The van der Waals surface area contributed by atoms with Gasteiger partial charge in [-0.15, -0.1) is 0 Å². The Bertz CT molecular complexity index is 735. The number of rotatable bonds is 4. The predicted molar refractivity (Wildman–Crippen MR) is 88.3 cm³/mol. The lowest BCUT2D eigenvalue weighted by Gasteiger charge is -2.05. The molecule has 3 rings (SSSR count). The molecule has 21 heavy (non-hydrogen) atoms. The fraction of sp³-hybridized carbons (Fsp3) is 0.0667. The first-order chi connectivity index (χ1) is 10.2. The van der Waals surface area contributed by atoms with Gasteiger partial charge in [0.15, 0.2) is 0 Å². The lowest BCUT2D eigenvalue weighted by Crippen LogP contribution is -2.19. The topological polar surface area (TPSA) is 46.9 Å². The van der Waals surface area contributed by atoms with Gasteiger partial charge in [-0.1, -0.05) is 15.9 Å². The first-order valence-corrected chi connectivity index (χ1v) is 8.06. The van der Waals surface area contributed by atoms with Crippen molar-refractivity contribution in [1.29, 1.82) is 0 Å². The van der Waals surface area contributed by atoms with Gasteiger partial charge in [0.25, 0.3) is 0 Å². The van der Waals surface area contributed by atoms with Crippen LogP contribution in [-0.4, -0.2) is 15.7 Å². The van der Waals surface area contributed by atoms with Gasteiger partial charge >= 0.3 is 0 Å². The molecule has 0 bridgehead atoms. The van der Waals surface area contributed by atoms with Crippen molar-refractivity contribution in [3.05, 3.63) is 57.8 Å². The highest BCUT2D eigenvalue weighted by Crippen LogP contribution is 2.19. The fourth-order valence-corrected chi connectivity index (χ4v) is 2.81. The van der Waals surface area contributed by atoms with Crippen LogP contribution >= 0.6 is 27.3 Å².